The summed E-state index contributed by atoms with van der Waals surface area (Å²) in [4.78, 5) is 4.42. The van der Waals surface area contributed by atoms with E-state index >= 15 is 0 Å². The minimum absolute atomic E-state index is 0.367. The first kappa shape index (κ1) is 22.1. The molecule has 0 saturated heterocycles. The number of rotatable bonds is 10. The number of fused-ring (bicyclic) bond motifs is 1. The first-order chi connectivity index (χ1) is 14.3. The Morgan fingerprint density at radius 3 is 2.79 bits per heavy atom. The van der Waals surface area contributed by atoms with Crippen LogP contribution in [0, 0.1) is 5.41 Å². The number of ether oxygens (including phenoxy) is 1. The molecule has 2 aliphatic rings. The largest absolute Gasteiger partial charge is 0.382 e. The van der Waals surface area contributed by atoms with E-state index in [0.717, 1.165) is 70.3 Å². The van der Waals surface area contributed by atoms with Gasteiger partial charge in [0.2, 0.25) is 0 Å². The highest BCUT2D eigenvalue weighted by atomic mass is 16.5. The van der Waals surface area contributed by atoms with Crippen LogP contribution in [0.1, 0.15) is 76.4 Å². The van der Waals surface area contributed by atoms with E-state index in [-0.39, 0.29) is 0 Å². The van der Waals surface area contributed by atoms with Crippen LogP contribution >= 0.6 is 0 Å². The maximum Gasteiger partial charge on any atom is 0.190 e. The minimum Gasteiger partial charge on any atom is -0.382 e. The van der Waals surface area contributed by atoms with Gasteiger partial charge in [-0.05, 0) is 50.9 Å². The number of hydrogen-bond acceptors (Lipinski definition) is 4. The van der Waals surface area contributed by atoms with E-state index in [9.17, 15) is 0 Å². The van der Waals surface area contributed by atoms with E-state index in [2.05, 4.69) is 37.3 Å². The molecule has 0 spiro atoms. The topological polar surface area (TPSA) is 76.4 Å². The monoisotopic (exact) mass is 404 g/mol. The highest BCUT2D eigenvalue weighted by Crippen LogP contribution is 2.40. The van der Waals surface area contributed by atoms with Crippen molar-refractivity contribution in [1.82, 2.24) is 25.4 Å². The molecule has 1 saturated carbocycles. The van der Waals surface area contributed by atoms with Crippen molar-refractivity contribution in [2.75, 3.05) is 33.4 Å². The lowest BCUT2D eigenvalue weighted by Gasteiger charge is -2.30. The Kier molecular flexibility index (Phi) is 8.77. The molecule has 0 atom stereocenters. The van der Waals surface area contributed by atoms with Crippen molar-refractivity contribution < 1.29 is 4.74 Å². The van der Waals surface area contributed by atoms with E-state index < -0.39 is 0 Å². The van der Waals surface area contributed by atoms with E-state index in [1.54, 1.807) is 0 Å². The van der Waals surface area contributed by atoms with E-state index in [4.69, 9.17) is 4.74 Å². The Bertz CT molecular complexity index is 635. The molecule has 1 aromatic rings. The lowest BCUT2D eigenvalue weighted by Crippen LogP contribution is -2.43. The molecule has 1 aromatic heterocycles. The summed E-state index contributed by atoms with van der Waals surface area (Å²) in [7, 11) is 1.86. The van der Waals surface area contributed by atoms with E-state index in [1.165, 1.54) is 50.8 Å². The van der Waals surface area contributed by atoms with Gasteiger partial charge in [0.1, 0.15) is 11.6 Å². The van der Waals surface area contributed by atoms with Crippen molar-refractivity contribution in [2.24, 2.45) is 10.4 Å². The number of aryl methyl sites for hydroxylation is 2. The smallest absolute Gasteiger partial charge is 0.190 e. The second-order valence-corrected chi connectivity index (χ2v) is 8.60. The summed E-state index contributed by atoms with van der Waals surface area (Å²) in [6.45, 7) is 6.71. The van der Waals surface area contributed by atoms with Gasteiger partial charge in [-0.1, -0.05) is 19.3 Å². The summed E-state index contributed by atoms with van der Waals surface area (Å²) in [6, 6.07) is 0. The highest BCUT2D eigenvalue weighted by Gasteiger charge is 2.33. The van der Waals surface area contributed by atoms with Gasteiger partial charge in [-0.25, -0.2) is 0 Å². The lowest BCUT2D eigenvalue weighted by atomic mass is 9.83. The fourth-order valence-electron chi connectivity index (χ4n) is 4.75. The quantitative estimate of drug-likeness (QED) is 0.356. The third-order valence-corrected chi connectivity index (χ3v) is 6.56. The number of aromatic nitrogens is 3. The first-order valence-electron chi connectivity index (χ1n) is 11.7. The average molecular weight is 405 g/mol. The number of aliphatic imine (C=N–C) groups is 1. The zero-order valence-corrected chi connectivity index (χ0v) is 18.5. The Morgan fingerprint density at radius 1 is 1.14 bits per heavy atom. The van der Waals surface area contributed by atoms with Gasteiger partial charge < -0.3 is 19.9 Å². The maximum atomic E-state index is 5.63. The Labute approximate surface area is 176 Å². The Morgan fingerprint density at radius 2 is 2.00 bits per heavy atom. The SMILES string of the molecule is CCOCCC1(CNC(=NC)NCCCc2nnc3n2CCCCC3)CCCC1. The summed E-state index contributed by atoms with van der Waals surface area (Å²) in [5.74, 6) is 3.23. The molecule has 1 aliphatic heterocycles. The van der Waals surface area contributed by atoms with Crippen LogP contribution in [0.25, 0.3) is 0 Å². The van der Waals surface area contributed by atoms with E-state index in [0.29, 0.717) is 5.41 Å². The molecule has 0 radical (unpaired) electrons. The van der Waals surface area contributed by atoms with Gasteiger partial charge in [0.05, 0.1) is 0 Å². The van der Waals surface area contributed by atoms with Crippen LogP contribution in [0.2, 0.25) is 0 Å². The van der Waals surface area contributed by atoms with Gasteiger partial charge in [-0.15, -0.1) is 10.2 Å². The molecule has 0 aromatic carbocycles. The van der Waals surface area contributed by atoms with Gasteiger partial charge in [0.25, 0.3) is 0 Å². The average Bonchev–Trinajstić information content (AvgIpc) is 3.28. The van der Waals surface area contributed by atoms with Crippen LogP contribution in [0.3, 0.4) is 0 Å². The predicted octanol–water partition coefficient (Wildman–Crippen LogP) is 3.09. The van der Waals surface area contributed by atoms with Crippen molar-refractivity contribution in [3.63, 3.8) is 0 Å². The van der Waals surface area contributed by atoms with Gasteiger partial charge in [0, 0.05) is 52.7 Å². The first-order valence-corrected chi connectivity index (χ1v) is 11.7. The predicted molar refractivity (Wildman–Crippen MR) is 117 cm³/mol. The summed E-state index contributed by atoms with van der Waals surface area (Å²) >= 11 is 0. The summed E-state index contributed by atoms with van der Waals surface area (Å²) in [6.07, 6.45) is 13.3. The fraction of sp³-hybridized carbons (Fsp3) is 0.864. The molecule has 29 heavy (non-hydrogen) atoms. The second kappa shape index (κ2) is 11.5. The molecule has 2 heterocycles. The lowest BCUT2D eigenvalue weighted by molar-refractivity contribution is 0.105. The summed E-state index contributed by atoms with van der Waals surface area (Å²) in [5, 5.41) is 15.9. The number of nitrogens with one attached hydrogen (secondary N) is 2. The van der Waals surface area contributed by atoms with Crippen molar-refractivity contribution in [3.8, 4) is 0 Å². The van der Waals surface area contributed by atoms with Crippen LogP contribution < -0.4 is 10.6 Å². The van der Waals surface area contributed by atoms with Crippen LogP contribution in [0.15, 0.2) is 4.99 Å². The highest BCUT2D eigenvalue weighted by molar-refractivity contribution is 5.79. The van der Waals surface area contributed by atoms with Crippen molar-refractivity contribution in [2.45, 2.75) is 84.1 Å². The van der Waals surface area contributed by atoms with Gasteiger partial charge >= 0.3 is 0 Å². The summed E-state index contributed by atoms with van der Waals surface area (Å²) < 4.78 is 7.98. The number of nitrogens with zero attached hydrogens (tertiary/aromatic N) is 4. The molecule has 0 bridgehead atoms. The minimum atomic E-state index is 0.367. The molecule has 7 nitrogen and oxygen atoms in total. The van der Waals surface area contributed by atoms with Crippen molar-refractivity contribution >= 4 is 5.96 Å². The van der Waals surface area contributed by atoms with Crippen LogP contribution in [-0.2, 0) is 24.1 Å². The Balaban J connectivity index is 1.40. The zero-order chi connectivity index (χ0) is 20.4. The maximum absolute atomic E-state index is 5.63. The standard InChI is InChI=1S/C22H40N6O/c1-3-29-17-14-22(12-6-7-13-22)18-25-21(23-2)24-15-9-11-20-27-26-19-10-5-4-8-16-28(19)20/h3-18H2,1-2H3,(H2,23,24,25). The van der Waals surface area contributed by atoms with E-state index in [1.807, 2.05) is 7.05 Å². The van der Waals surface area contributed by atoms with Crippen molar-refractivity contribution in [1.29, 1.82) is 0 Å². The van der Waals surface area contributed by atoms with Gasteiger partial charge in [-0.2, -0.15) is 0 Å². The van der Waals surface area contributed by atoms with Gasteiger partial charge in [-0.3, -0.25) is 4.99 Å². The normalized spacial score (nSPS) is 19.0. The van der Waals surface area contributed by atoms with Crippen LogP contribution in [-0.4, -0.2) is 54.1 Å². The number of guanidine groups is 1. The fourth-order valence-corrected chi connectivity index (χ4v) is 4.75. The molecule has 164 valence electrons. The molecule has 0 amide bonds. The van der Waals surface area contributed by atoms with Crippen LogP contribution in [0.5, 0.6) is 0 Å². The molecule has 0 unspecified atom stereocenters. The Hall–Kier alpha value is -1.63. The molecular weight excluding hydrogens is 364 g/mol. The summed E-state index contributed by atoms with van der Waals surface area (Å²) in [5.41, 5.74) is 0.367. The molecule has 1 fully saturated rings. The van der Waals surface area contributed by atoms with Gasteiger partial charge in [0.15, 0.2) is 5.96 Å². The zero-order valence-electron chi connectivity index (χ0n) is 18.5. The molecule has 3 rings (SSSR count). The van der Waals surface area contributed by atoms with Crippen molar-refractivity contribution in [3.05, 3.63) is 11.6 Å². The molecule has 1 aliphatic carbocycles. The molecule has 2 N–H and O–H groups in total. The van der Waals surface area contributed by atoms with Crippen LogP contribution in [0.4, 0.5) is 0 Å². The third-order valence-electron chi connectivity index (χ3n) is 6.56. The third kappa shape index (κ3) is 6.43. The molecular formula is C22H40N6O. The molecule has 7 heteroatoms. The second-order valence-electron chi connectivity index (χ2n) is 8.60. The number of hydrogen-bond donors (Lipinski definition) is 2.